The lowest BCUT2D eigenvalue weighted by atomic mass is 10.1. The number of nitrogens with zero attached hydrogens (tertiary/aromatic N) is 2. The van der Waals surface area contributed by atoms with Crippen LogP contribution in [0.15, 0.2) is 36.8 Å². The van der Waals surface area contributed by atoms with Gasteiger partial charge in [-0.15, -0.1) is 0 Å². The van der Waals surface area contributed by atoms with E-state index in [0.717, 1.165) is 37.2 Å². The first-order valence-corrected chi connectivity index (χ1v) is 6.33. The zero-order valence-electron chi connectivity index (χ0n) is 10.1. The van der Waals surface area contributed by atoms with Gasteiger partial charge in [0, 0.05) is 17.8 Å². The molecule has 0 atom stereocenters. The van der Waals surface area contributed by atoms with Crippen LogP contribution in [-0.2, 0) is 0 Å². The maximum atomic E-state index is 12.9. The molecule has 0 bridgehead atoms. The van der Waals surface area contributed by atoms with E-state index in [1.165, 1.54) is 12.1 Å². The maximum Gasteiger partial charge on any atom is 0.123 e. The molecule has 18 heavy (non-hydrogen) atoms. The highest BCUT2D eigenvalue weighted by Crippen LogP contribution is 2.23. The van der Waals surface area contributed by atoms with Gasteiger partial charge in [-0.05, 0) is 50.2 Å². The Bertz CT molecular complexity index is 512. The van der Waals surface area contributed by atoms with Crippen LogP contribution in [0.3, 0.4) is 0 Å². The van der Waals surface area contributed by atoms with E-state index in [4.69, 9.17) is 0 Å². The van der Waals surface area contributed by atoms with Crippen molar-refractivity contribution in [1.29, 1.82) is 0 Å². The van der Waals surface area contributed by atoms with E-state index >= 15 is 0 Å². The Morgan fingerprint density at radius 2 is 1.89 bits per heavy atom. The molecule has 3 rings (SSSR count). The van der Waals surface area contributed by atoms with Crippen LogP contribution in [-0.4, -0.2) is 22.6 Å². The topological polar surface area (TPSA) is 29.9 Å². The molecule has 2 aromatic rings. The summed E-state index contributed by atoms with van der Waals surface area (Å²) >= 11 is 0. The third-order valence-corrected chi connectivity index (χ3v) is 3.47. The predicted octanol–water partition coefficient (Wildman–Crippen LogP) is 2.61. The third kappa shape index (κ3) is 2.29. The van der Waals surface area contributed by atoms with Crippen LogP contribution >= 0.6 is 0 Å². The second-order valence-electron chi connectivity index (χ2n) is 4.69. The number of hydrogen-bond donors (Lipinski definition) is 1. The van der Waals surface area contributed by atoms with Crippen molar-refractivity contribution in [3.8, 4) is 11.3 Å². The molecule has 2 heterocycles. The fourth-order valence-corrected chi connectivity index (χ4v) is 2.41. The highest BCUT2D eigenvalue weighted by molar-refractivity contribution is 5.57. The Labute approximate surface area is 106 Å². The van der Waals surface area contributed by atoms with Gasteiger partial charge in [-0.25, -0.2) is 9.37 Å². The van der Waals surface area contributed by atoms with Gasteiger partial charge in [0.25, 0.3) is 0 Å². The Kier molecular flexibility index (Phi) is 3.11. The van der Waals surface area contributed by atoms with Crippen molar-refractivity contribution in [1.82, 2.24) is 14.9 Å². The second kappa shape index (κ2) is 4.90. The minimum atomic E-state index is -0.212. The molecule has 0 amide bonds. The number of halogens is 1. The van der Waals surface area contributed by atoms with Gasteiger partial charge >= 0.3 is 0 Å². The number of piperidine rings is 1. The molecule has 3 nitrogen and oxygen atoms in total. The summed E-state index contributed by atoms with van der Waals surface area (Å²) in [4.78, 5) is 4.41. The summed E-state index contributed by atoms with van der Waals surface area (Å²) in [5.41, 5.74) is 1.87. The highest BCUT2D eigenvalue weighted by atomic mass is 19.1. The second-order valence-corrected chi connectivity index (χ2v) is 4.69. The maximum absolute atomic E-state index is 12.9. The SMILES string of the molecule is Fc1ccc(-c2cn(C3CCNCC3)cn2)cc1. The highest BCUT2D eigenvalue weighted by Gasteiger charge is 2.15. The number of benzene rings is 1. The molecule has 0 spiro atoms. The fourth-order valence-electron chi connectivity index (χ4n) is 2.41. The fraction of sp³-hybridized carbons (Fsp3) is 0.357. The van der Waals surface area contributed by atoms with Gasteiger partial charge in [0.15, 0.2) is 0 Å². The van der Waals surface area contributed by atoms with E-state index in [9.17, 15) is 4.39 Å². The zero-order valence-corrected chi connectivity index (χ0v) is 10.1. The average Bonchev–Trinajstić information content (AvgIpc) is 2.90. The quantitative estimate of drug-likeness (QED) is 0.881. The van der Waals surface area contributed by atoms with Crippen molar-refractivity contribution in [3.63, 3.8) is 0 Å². The molecule has 1 aliphatic heterocycles. The molecular formula is C14H16FN3. The van der Waals surface area contributed by atoms with Crippen molar-refractivity contribution in [2.75, 3.05) is 13.1 Å². The molecule has 0 aliphatic carbocycles. The molecule has 0 saturated carbocycles. The Morgan fingerprint density at radius 1 is 1.17 bits per heavy atom. The first-order chi connectivity index (χ1) is 8.83. The lowest BCUT2D eigenvalue weighted by Crippen LogP contribution is -2.28. The Hall–Kier alpha value is -1.68. The smallest absolute Gasteiger partial charge is 0.123 e. The van der Waals surface area contributed by atoms with E-state index in [2.05, 4.69) is 21.1 Å². The number of nitrogens with one attached hydrogen (secondary N) is 1. The molecule has 1 fully saturated rings. The van der Waals surface area contributed by atoms with Gasteiger partial charge in [0.05, 0.1) is 12.0 Å². The molecule has 1 saturated heterocycles. The van der Waals surface area contributed by atoms with Crippen LogP contribution in [0.25, 0.3) is 11.3 Å². The molecule has 1 aromatic carbocycles. The van der Waals surface area contributed by atoms with Gasteiger partial charge in [-0.2, -0.15) is 0 Å². The van der Waals surface area contributed by atoms with Gasteiger partial charge in [0.1, 0.15) is 5.82 Å². The summed E-state index contributed by atoms with van der Waals surface area (Å²) in [6, 6.07) is 7.01. The monoisotopic (exact) mass is 245 g/mol. The molecule has 0 unspecified atom stereocenters. The summed E-state index contributed by atoms with van der Waals surface area (Å²) in [6.45, 7) is 2.13. The molecular weight excluding hydrogens is 229 g/mol. The van der Waals surface area contributed by atoms with E-state index < -0.39 is 0 Å². The van der Waals surface area contributed by atoms with Crippen molar-refractivity contribution in [3.05, 3.63) is 42.6 Å². The van der Waals surface area contributed by atoms with Gasteiger partial charge < -0.3 is 9.88 Å². The first-order valence-electron chi connectivity index (χ1n) is 6.33. The molecule has 4 heteroatoms. The summed E-state index contributed by atoms with van der Waals surface area (Å²) in [5.74, 6) is -0.212. The predicted molar refractivity (Wildman–Crippen MR) is 68.8 cm³/mol. The van der Waals surface area contributed by atoms with Gasteiger partial charge in [-0.3, -0.25) is 0 Å². The minimum absolute atomic E-state index is 0.212. The molecule has 1 N–H and O–H groups in total. The number of rotatable bonds is 2. The van der Waals surface area contributed by atoms with Gasteiger partial charge in [0.2, 0.25) is 0 Å². The normalized spacial score (nSPS) is 16.9. The minimum Gasteiger partial charge on any atom is -0.334 e. The van der Waals surface area contributed by atoms with E-state index in [0.29, 0.717) is 6.04 Å². The van der Waals surface area contributed by atoms with E-state index in [1.807, 2.05) is 6.33 Å². The van der Waals surface area contributed by atoms with Crippen molar-refractivity contribution in [2.24, 2.45) is 0 Å². The lowest BCUT2D eigenvalue weighted by Gasteiger charge is -2.23. The number of aromatic nitrogens is 2. The number of imidazole rings is 1. The Balaban J connectivity index is 1.82. The molecule has 1 aliphatic rings. The van der Waals surface area contributed by atoms with Crippen LogP contribution in [0, 0.1) is 5.82 Å². The summed E-state index contributed by atoms with van der Waals surface area (Å²) in [6.07, 6.45) is 6.22. The van der Waals surface area contributed by atoms with Crippen molar-refractivity contribution in [2.45, 2.75) is 18.9 Å². The molecule has 0 radical (unpaired) electrons. The standard InChI is InChI=1S/C14H16FN3/c15-12-3-1-11(2-4-12)14-9-18(10-17-14)13-5-7-16-8-6-13/h1-4,9-10,13,16H,5-8H2. The average molecular weight is 245 g/mol. The Morgan fingerprint density at radius 3 is 2.61 bits per heavy atom. The van der Waals surface area contributed by atoms with Crippen LogP contribution < -0.4 is 5.32 Å². The van der Waals surface area contributed by atoms with Crippen LogP contribution in [0.1, 0.15) is 18.9 Å². The third-order valence-electron chi connectivity index (χ3n) is 3.47. The van der Waals surface area contributed by atoms with Crippen LogP contribution in [0.4, 0.5) is 4.39 Å². The molecule has 1 aromatic heterocycles. The van der Waals surface area contributed by atoms with Crippen LogP contribution in [0.2, 0.25) is 0 Å². The largest absolute Gasteiger partial charge is 0.334 e. The number of hydrogen-bond acceptors (Lipinski definition) is 2. The van der Waals surface area contributed by atoms with Crippen LogP contribution in [0.5, 0.6) is 0 Å². The van der Waals surface area contributed by atoms with Gasteiger partial charge in [-0.1, -0.05) is 0 Å². The zero-order chi connectivity index (χ0) is 12.4. The van der Waals surface area contributed by atoms with E-state index in [1.54, 1.807) is 12.1 Å². The van der Waals surface area contributed by atoms with Crippen molar-refractivity contribution < 1.29 is 4.39 Å². The van der Waals surface area contributed by atoms with Crippen molar-refractivity contribution >= 4 is 0 Å². The summed E-state index contributed by atoms with van der Waals surface area (Å²) in [5, 5.41) is 3.35. The van der Waals surface area contributed by atoms with E-state index in [-0.39, 0.29) is 5.82 Å². The first kappa shape index (κ1) is 11.4. The summed E-state index contributed by atoms with van der Waals surface area (Å²) in [7, 11) is 0. The lowest BCUT2D eigenvalue weighted by molar-refractivity contribution is 0.368. The molecule has 94 valence electrons. The summed E-state index contributed by atoms with van der Waals surface area (Å²) < 4.78 is 15.0.